The second-order valence-electron chi connectivity index (χ2n) is 8.85. The maximum Gasteiger partial charge on any atom is 0.272 e. The number of carbonyl (C=O) groups is 1. The van der Waals surface area contributed by atoms with Crippen molar-refractivity contribution in [2.24, 2.45) is 7.05 Å². The SMILES string of the molecule is Cn1nc(C(=O)NC2CCCc3c2cnn3-c2ccc(C(C)(C)C)cc2)ccc1=O. The van der Waals surface area contributed by atoms with Crippen LogP contribution in [0.3, 0.4) is 0 Å². The number of aryl methyl sites for hydroxylation is 1. The lowest BCUT2D eigenvalue weighted by Crippen LogP contribution is -2.33. The Labute approximate surface area is 175 Å². The molecule has 3 aromatic rings. The summed E-state index contributed by atoms with van der Waals surface area (Å²) in [6.07, 6.45) is 4.58. The number of fused-ring (bicyclic) bond motifs is 1. The van der Waals surface area contributed by atoms with Gasteiger partial charge in [0.25, 0.3) is 11.5 Å². The molecule has 2 heterocycles. The molecule has 30 heavy (non-hydrogen) atoms. The second-order valence-corrected chi connectivity index (χ2v) is 8.85. The predicted octanol–water partition coefficient (Wildman–Crippen LogP) is 3.07. The first-order chi connectivity index (χ1) is 14.2. The highest BCUT2D eigenvalue weighted by atomic mass is 16.2. The molecular weight excluding hydrogens is 378 g/mol. The van der Waals surface area contributed by atoms with Gasteiger partial charge in [0.15, 0.2) is 0 Å². The third kappa shape index (κ3) is 3.79. The predicted molar refractivity (Wildman–Crippen MR) is 115 cm³/mol. The van der Waals surface area contributed by atoms with E-state index in [1.54, 1.807) is 0 Å². The van der Waals surface area contributed by atoms with Crippen molar-refractivity contribution in [1.29, 1.82) is 0 Å². The Balaban J connectivity index is 1.58. The van der Waals surface area contributed by atoms with Crippen molar-refractivity contribution in [2.45, 2.75) is 51.5 Å². The average molecular weight is 406 g/mol. The van der Waals surface area contributed by atoms with Crippen LogP contribution in [0.4, 0.5) is 0 Å². The van der Waals surface area contributed by atoms with Gasteiger partial charge in [0.05, 0.1) is 17.9 Å². The first-order valence-corrected chi connectivity index (χ1v) is 10.3. The van der Waals surface area contributed by atoms with E-state index in [9.17, 15) is 9.59 Å². The summed E-state index contributed by atoms with van der Waals surface area (Å²) in [6.45, 7) is 6.60. The molecule has 1 atom stereocenters. The van der Waals surface area contributed by atoms with Crippen molar-refractivity contribution in [3.63, 3.8) is 0 Å². The van der Waals surface area contributed by atoms with E-state index in [1.165, 1.54) is 29.4 Å². The van der Waals surface area contributed by atoms with E-state index in [-0.39, 0.29) is 28.6 Å². The fourth-order valence-corrected chi connectivity index (χ4v) is 3.89. The Morgan fingerprint density at radius 3 is 2.53 bits per heavy atom. The molecule has 1 N–H and O–H groups in total. The molecule has 156 valence electrons. The van der Waals surface area contributed by atoms with E-state index in [0.29, 0.717) is 0 Å². The summed E-state index contributed by atoms with van der Waals surface area (Å²) in [4.78, 5) is 24.2. The molecule has 0 aliphatic heterocycles. The molecule has 1 amide bonds. The summed E-state index contributed by atoms with van der Waals surface area (Å²) < 4.78 is 3.14. The number of carbonyl (C=O) groups excluding carboxylic acids is 1. The summed E-state index contributed by atoms with van der Waals surface area (Å²) in [6, 6.07) is 11.2. The lowest BCUT2D eigenvalue weighted by molar-refractivity contribution is 0.0925. The van der Waals surface area contributed by atoms with Gasteiger partial charge in [-0.3, -0.25) is 9.59 Å². The first kappa shape index (κ1) is 20.1. The lowest BCUT2D eigenvalue weighted by Gasteiger charge is -2.24. The standard InChI is InChI=1S/C23H27N5O2/c1-23(2,3)15-8-10-16(11-9-15)28-20-7-5-6-18(17(20)14-24-28)25-22(30)19-12-13-21(29)27(4)26-19/h8-14,18H,5-7H2,1-4H3,(H,25,30). The highest BCUT2D eigenvalue weighted by Crippen LogP contribution is 2.32. The van der Waals surface area contributed by atoms with Crippen LogP contribution in [0.2, 0.25) is 0 Å². The molecule has 0 fully saturated rings. The van der Waals surface area contributed by atoms with Crippen molar-refractivity contribution >= 4 is 5.91 Å². The Hall–Kier alpha value is -3.22. The van der Waals surface area contributed by atoms with Crippen LogP contribution in [-0.2, 0) is 18.9 Å². The van der Waals surface area contributed by atoms with Crippen LogP contribution >= 0.6 is 0 Å². The zero-order chi connectivity index (χ0) is 21.5. The number of nitrogens with one attached hydrogen (secondary N) is 1. The van der Waals surface area contributed by atoms with Gasteiger partial charge in [0, 0.05) is 24.4 Å². The number of amides is 1. The van der Waals surface area contributed by atoms with Crippen LogP contribution in [-0.4, -0.2) is 25.5 Å². The van der Waals surface area contributed by atoms with Crippen molar-refractivity contribution in [2.75, 3.05) is 0 Å². The Kier molecular flexibility index (Phi) is 5.05. The smallest absolute Gasteiger partial charge is 0.272 e. The zero-order valence-electron chi connectivity index (χ0n) is 17.8. The molecule has 0 radical (unpaired) electrons. The fourth-order valence-electron chi connectivity index (χ4n) is 3.89. The average Bonchev–Trinajstić information content (AvgIpc) is 3.14. The van der Waals surface area contributed by atoms with E-state index in [1.807, 2.05) is 10.9 Å². The van der Waals surface area contributed by atoms with Crippen LogP contribution < -0.4 is 10.9 Å². The number of hydrogen-bond acceptors (Lipinski definition) is 4. The van der Waals surface area contributed by atoms with Crippen LogP contribution in [0.25, 0.3) is 5.69 Å². The van der Waals surface area contributed by atoms with Crippen molar-refractivity contribution in [3.8, 4) is 5.69 Å². The Bertz CT molecular complexity index is 1140. The minimum Gasteiger partial charge on any atom is -0.344 e. The molecule has 1 aromatic carbocycles. The van der Waals surface area contributed by atoms with Crippen molar-refractivity contribution in [3.05, 3.63) is 75.5 Å². The summed E-state index contributed by atoms with van der Waals surface area (Å²) >= 11 is 0. The normalized spacial score (nSPS) is 16.2. The quantitative estimate of drug-likeness (QED) is 0.726. The maximum atomic E-state index is 12.7. The molecule has 0 spiro atoms. The monoisotopic (exact) mass is 405 g/mol. The van der Waals surface area contributed by atoms with Gasteiger partial charge in [-0.05, 0) is 48.4 Å². The number of rotatable bonds is 3. The molecule has 1 aliphatic rings. The molecule has 7 heteroatoms. The van der Waals surface area contributed by atoms with E-state index in [4.69, 9.17) is 0 Å². The number of hydrogen-bond donors (Lipinski definition) is 1. The van der Waals surface area contributed by atoms with Crippen molar-refractivity contribution < 1.29 is 4.79 Å². The Morgan fingerprint density at radius 1 is 1.13 bits per heavy atom. The van der Waals surface area contributed by atoms with Crippen LogP contribution in [0.15, 0.2) is 47.4 Å². The molecule has 7 nitrogen and oxygen atoms in total. The number of nitrogens with zero attached hydrogens (tertiary/aromatic N) is 4. The van der Waals surface area contributed by atoms with E-state index in [0.717, 1.165) is 36.2 Å². The highest BCUT2D eigenvalue weighted by Gasteiger charge is 2.27. The number of aromatic nitrogens is 4. The van der Waals surface area contributed by atoms with E-state index >= 15 is 0 Å². The van der Waals surface area contributed by atoms with Gasteiger partial charge in [0.2, 0.25) is 0 Å². The summed E-state index contributed by atoms with van der Waals surface area (Å²) in [7, 11) is 1.53. The van der Waals surface area contributed by atoms with Gasteiger partial charge in [-0.15, -0.1) is 0 Å². The van der Waals surface area contributed by atoms with E-state index in [2.05, 4.69) is 60.6 Å². The van der Waals surface area contributed by atoms with Crippen molar-refractivity contribution in [1.82, 2.24) is 24.9 Å². The molecule has 4 rings (SSSR count). The second kappa shape index (κ2) is 7.55. The molecule has 1 aliphatic carbocycles. The zero-order valence-corrected chi connectivity index (χ0v) is 17.8. The van der Waals surface area contributed by atoms with Gasteiger partial charge in [-0.25, -0.2) is 9.36 Å². The van der Waals surface area contributed by atoms with Gasteiger partial charge >= 0.3 is 0 Å². The third-order valence-electron chi connectivity index (χ3n) is 5.66. The molecule has 2 aromatic heterocycles. The fraction of sp³-hybridized carbons (Fsp3) is 0.391. The molecule has 0 saturated carbocycles. The van der Waals surface area contributed by atoms with E-state index < -0.39 is 0 Å². The van der Waals surface area contributed by atoms with Crippen LogP contribution in [0, 0.1) is 0 Å². The largest absolute Gasteiger partial charge is 0.344 e. The lowest BCUT2D eigenvalue weighted by atomic mass is 9.87. The van der Waals surface area contributed by atoms with Crippen LogP contribution in [0.5, 0.6) is 0 Å². The topological polar surface area (TPSA) is 81.8 Å². The minimum absolute atomic E-state index is 0.104. The third-order valence-corrected chi connectivity index (χ3v) is 5.66. The minimum atomic E-state index is -0.286. The highest BCUT2D eigenvalue weighted by molar-refractivity contribution is 5.92. The van der Waals surface area contributed by atoms with Gasteiger partial charge < -0.3 is 5.32 Å². The molecule has 0 saturated heterocycles. The van der Waals surface area contributed by atoms with Crippen LogP contribution in [0.1, 0.15) is 67.0 Å². The summed E-state index contributed by atoms with van der Waals surface area (Å²) in [5.74, 6) is -0.286. The molecule has 0 bridgehead atoms. The maximum absolute atomic E-state index is 12.7. The summed E-state index contributed by atoms with van der Waals surface area (Å²) in [5, 5.41) is 11.7. The number of benzene rings is 1. The molecular formula is C23H27N5O2. The summed E-state index contributed by atoms with van der Waals surface area (Å²) in [5.41, 5.74) is 4.56. The van der Waals surface area contributed by atoms with Gasteiger partial charge in [0.1, 0.15) is 5.69 Å². The molecule has 1 unspecified atom stereocenters. The first-order valence-electron chi connectivity index (χ1n) is 10.3. The van der Waals surface area contributed by atoms with Gasteiger partial charge in [-0.2, -0.15) is 10.2 Å². The Morgan fingerprint density at radius 2 is 1.87 bits per heavy atom. The van der Waals surface area contributed by atoms with Gasteiger partial charge in [-0.1, -0.05) is 32.9 Å².